The third-order valence-electron chi connectivity index (χ3n) is 3.97. The van der Waals surface area contributed by atoms with Crippen molar-refractivity contribution in [3.8, 4) is 0 Å². The average Bonchev–Trinajstić information content (AvgIpc) is 3.10. The molecule has 0 saturated heterocycles. The van der Waals surface area contributed by atoms with E-state index in [4.69, 9.17) is 61.7 Å². The highest BCUT2D eigenvalue weighted by Gasteiger charge is 2.34. The molecule has 0 aliphatic carbocycles. The molecule has 0 aliphatic rings. The highest BCUT2D eigenvalue weighted by atomic mass is 35.5. The number of rotatable bonds is 5. The molecular formula is C18H15Cl4N3O4. The molecule has 1 heterocycles. The highest BCUT2D eigenvalue weighted by molar-refractivity contribution is 6.36. The number of imidazole rings is 1. The third kappa shape index (κ3) is 6.48. The van der Waals surface area contributed by atoms with E-state index in [2.05, 4.69) is 4.98 Å². The summed E-state index contributed by atoms with van der Waals surface area (Å²) >= 11 is 25.0. The summed E-state index contributed by atoms with van der Waals surface area (Å²) in [6.45, 7) is 0.232. The van der Waals surface area contributed by atoms with Gasteiger partial charge in [0.05, 0.1) is 12.9 Å². The van der Waals surface area contributed by atoms with Crippen LogP contribution in [0.5, 0.6) is 0 Å². The zero-order chi connectivity index (χ0) is 21.6. The van der Waals surface area contributed by atoms with Crippen LogP contribution in [0.25, 0.3) is 0 Å². The fourth-order valence-electron chi connectivity index (χ4n) is 2.78. The minimum absolute atomic E-state index is 0.186. The quantitative estimate of drug-likeness (QED) is 0.383. The second kappa shape index (κ2) is 10.1. The molecule has 2 aromatic carbocycles. The topological polar surface area (TPSA) is 101 Å². The van der Waals surface area contributed by atoms with Crippen LogP contribution in [-0.4, -0.2) is 25.0 Å². The molecule has 0 spiro atoms. The van der Waals surface area contributed by atoms with Gasteiger partial charge < -0.3 is 14.9 Å². The first-order valence-corrected chi connectivity index (χ1v) is 9.53. The summed E-state index contributed by atoms with van der Waals surface area (Å²) in [5, 5.41) is 27.0. The Morgan fingerprint density at radius 1 is 1.10 bits per heavy atom. The molecule has 0 amide bonds. The molecule has 0 aliphatic heterocycles. The summed E-state index contributed by atoms with van der Waals surface area (Å²) < 4.78 is 1.77. The predicted octanol–water partition coefficient (Wildman–Crippen LogP) is 5.28. The minimum atomic E-state index is -1.50. The van der Waals surface area contributed by atoms with Gasteiger partial charge in [-0.15, -0.1) is 10.1 Å². The Kier molecular flexibility index (Phi) is 8.13. The van der Waals surface area contributed by atoms with E-state index in [1.807, 2.05) is 0 Å². The highest BCUT2D eigenvalue weighted by Crippen LogP contribution is 2.37. The molecule has 3 aromatic rings. The lowest BCUT2D eigenvalue weighted by molar-refractivity contribution is -0.742. The van der Waals surface area contributed by atoms with E-state index in [1.54, 1.807) is 59.7 Å². The number of nitrogens with zero attached hydrogens (tertiary/aromatic N) is 3. The number of hydrogen-bond donors (Lipinski definition) is 2. The molecule has 29 heavy (non-hydrogen) atoms. The van der Waals surface area contributed by atoms with Crippen LogP contribution in [0.4, 0.5) is 0 Å². The van der Waals surface area contributed by atoms with Crippen molar-refractivity contribution in [2.45, 2.75) is 18.6 Å². The molecule has 0 fully saturated rings. The van der Waals surface area contributed by atoms with Crippen molar-refractivity contribution in [1.82, 2.24) is 9.55 Å². The van der Waals surface area contributed by atoms with Crippen LogP contribution < -0.4 is 0 Å². The first-order chi connectivity index (χ1) is 13.6. The molecule has 3 rings (SSSR count). The lowest BCUT2D eigenvalue weighted by atomic mass is 9.86. The van der Waals surface area contributed by atoms with Gasteiger partial charge in [-0.1, -0.05) is 58.5 Å². The summed E-state index contributed by atoms with van der Waals surface area (Å²) in [7, 11) is 0. The fourth-order valence-corrected chi connectivity index (χ4v) is 3.89. The Hall–Kier alpha value is -2.03. The van der Waals surface area contributed by atoms with E-state index in [1.165, 1.54) is 0 Å². The third-order valence-corrected chi connectivity index (χ3v) is 5.22. The summed E-state index contributed by atoms with van der Waals surface area (Å²) in [4.78, 5) is 12.4. The number of aromatic nitrogens is 2. The molecule has 1 atom stereocenters. The van der Waals surface area contributed by atoms with Gasteiger partial charge in [0.1, 0.15) is 5.60 Å². The van der Waals surface area contributed by atoms with Gasteiger partial charge in [-0.2, -0.15) is 0 Å². The fraction of sp³-hybridized carbons (Fsp3) is 0.167. The van der Waals surface area contributed by atoms with Gasteiger partial charge in [0.2, 0.25) is 0 Å². The van der Waals surface area contributed by atoms with Crippen molar-refractivity contribution < 1.29 is 15.4 Å². The SMILES string of the molecule is O=[N+]([O-])O.OC(Cc1c(Cl)cccc1Cl)(Cn1ccnc1)c1ccc(Cl)cc1Cl. The molecule has 1 unspecified atom stereocenters. The van der Waals surface area contributed by atoms with Crippen LogP contribution in [-0.2, 0) is 18.6 Å². The van der Waals surface area contributed by atoms with Gasteiger partial charge in [0.25, 0.3) is 5.09 Å². The van der Waals surface area contributed by atoms with Crippen molar-refractivity contribution in [2.75, 3.05) is 0 Å². The normalized spacial score (nSPS) is 12.6. The Morgan fingerprint density at radius 3 is 2.24 bits per heavy atom. The lowest BCUT2D eigenvalue weighted by Crippen LogP contribution is -2.34. The van der Waals surface area contributed by atoms with Gasteiger partial charge in [-0.05, 0) is 29.8 Å². The molecule has 11 heteroatoms. The van der Waals surface area contributed by atoms with Gasteiger partial charge in [0, 0.05) is 44.5 Å². The maximum atomic E-state index is 11.5. The van der Waals surface area contributed by atoms with Crippen LogP contribution in [0.15, 0.2) is 55.1 Å². The molecule has 0 bridgehead atoms. The maximum Gasteiger partial charge on any atom is 0.291 e. The standard InChI is InChI=1S/C18H14Cl4N2O.HNO3/c19-12-4-5-14(17(22)8-12)18(25,10-24-7-6-23-11-24)9-13-15(20)2-1-3-16(13)21;2-1(3)4/h1-8,11,25H,9-10H2;(H,2,3,4). The summed E-state index contributed by atoms with van der Waals surface area (Å²) in [6.07, 6.45) is 5.23. The second-order valence-corrected chi connectivity index (χ2v) is 7.66. The average molecular weight is 479 g/mol. The largest absolute Gasteiger partial charge is 0.383 e. The Labute approximate surface area is 186 Å². The van der Waals surface area contributed by atoms with E-state index >= 15 is 0 Å². The van der Waals surface area contributed by atoms with E-state index < -0.39 is 10.7 Å². The number of benzene rings is 2. The molecule has 154 valence electrons. The van der Waals surface area contributed by atoms with Gasteiger partial charge in [-0.25, -0.2) is 4.98 Å². The van der Waals surface area contributed by atoms with Crippen LogP contribution >= 0.6 is 46.4 Å². The number of hydrogen-bond acceptors (Lipinski definition) is 4. The van der Waals surface area contributed by atoms with Gasteiger partial charge in [-0.3, -0.25) is 0 Å². The Bertz CT molecular complexity index is 961. The summed E-state index contributed by atoms with van der Waals surface area (Å²) in [5.74, 6) is 0. The van der Waals surface area contributed by atoms with Gasteiger partial charge >= 0.3 is 0 Å². The smallest absolute Gasteiger partial charge is 0.291 e. The predicted molar refractivity (Wildman–Crippen MR) is 112 cm³/mol. The molecule has 7 nitrogen and oxygen atoms in total. The lowest BCUT2D eigenvalue weighted by Gasteiger charge is -2.31. The number of halogens is 4. The van der Waals surface area contributed by atoms with Crippen molar-refractivity contribution >= 4 is 46.4 Å². The summed E-state index contributed by atoms with van der Waals surface area (Å²) in [6, 6.07) is 10.2. The second-order valence-electron chi connectivity index (χ2n) is 6.01. The van der Waals surface area contributed by atoms with E-state index in [9.17, 15) is 5.11 Å². The molecule has 0 saturated carbocycles. The monoisotopic (exact) mass is 477 g/mol. The molecule has 0 radical (unpaired) electrons. The van der Waals surface area contributed by atoms with E-state index in [0.717, 1.165) is 0 Å². The van der Waals surface area contributed by atoms with Crippen LogP contribution in [0.1, 0.15) is 11.1 Å². The van der Waals surface area contributed by atoms with Crippen molar-refractivity contribution in [2.24, 2.45) is 0 Å². The minimum Gasteiger partial charge on any atom is -0.383 e. The number of aliphatic hydroxyl groups is 1. The van der Waals surface area contributed by atoms with E-state index in [0.29, 0.717) is 31.2 Å². The van der Waals surface area contributed by atoms with Gasteiger partial charge in [0.15, 0.2) is 0 Å². The molecule has 2 N–H and O–H groups in total. The van der Waals surface area contributed by atoms with E-state index in [-0.39, 0.29) is 13.0 Å². The van der Waals surface area contributed by atoms with Crippen molar-refractivity contribution in [3.63, 3.8) is 0 Å². The van der Waals surface area contributed by atoms with Crippen LogP contribution in [0.3, 0.4) is 0 Å². The maximum absolute atomic E-state index is 11.5. The first kappa shape index (κ1) is 23.3. The first-order valence-electron chi connectivity index (χ1n) is 8.02. The summed E-state index contributed by atoms with van der Waals surface area (Å²) in [5.41, 5.74) is -0.153. The van der Waals surface area contributed by atoms with Crippen LogP contribution in [0, 0.1) is 10.1 Å². The Balaban J connectivity index is 0.000000687. The zero-order valence-corrected chi connectivity index (χ0v) is 17.7. The Morgan fingerprint density at radius 2 is 1.72 bits per heavy atom. The van der Waals surface area contributed by atoms with Crippen LogP contribution in [0.2, 0.25) is 20.1 Å². The van der Waals surface area contributed by atoms with Crippen molar-refractivity contribution in [1.29, 1.82) is 0 Å². The van der Waals surface area contributed by atoms with Crippen molar-refractivity contribution in [3.05, 3.63) is 96.5 Å². The zero-order valence-electron chi connectivity index (χ0n) is 14.7. The molecule has 1 aromatic heterocycles. The molecular weight excluding hydrogens is 464 g/mol.